The summed E-state index contributed by atoms with van der Waals surface area (Å²) in [6, 6.07) is 16.8. The molecule has 0 radical (unpaired) electrons. The van der Waals surface area contributed by atoms with Crippen molar-refractivity contribution in [2.75, 3.05) is 32.1 Å². The van der Waals surface area contributed by atoms with Crippen LogP contribution in [0.4, 0.5) is 5.69 Å². The number of rotatable bonds is 6. The first-order valence-electron chi connectivity index (χ1n) is 9.28. The smallest absolute Gasteiger partial charge is 0.279 e. The molecule has 1 heterocycles. The molecule has 0 bridgehead atoms. The van der Waals surface area contributed by atoms with E-state index in [2.05, 4.69) is 10.6 Å². The maximum atomic E-state index is 12.3. The molecule has 0 atom stereocenters. The van der Waals surface area contributed by atoms with Gasteiger partial charge < -0.3 is 20.3 Å². The van der Waals surface area contributed by atoms with E-state index in [9.17, 15) is 9.59 Å². The summed E-state index contributed by atoms with van der Waals surface area (Å²) in [5.74, 6) is 0.599. The van der Waals surface area contributed by atoms with Crippen molar-refractivity contribution in [2.24, 2.45) is 0 Å². The first kappa shape index (κ1) is 18.9. The molecule has 6 heteroatoms. The minimum atomic E-state index is -0.0297. The van der Waals surface area contributed by atoms with Crippen molar-refractivity contribution in [2.45, 2.75) is 18.9 Å². The topological polar surface area (TPSA) is 71.9 Å². The zero-order valence-electron chi connectivity index (χ0n) is 15.5. The van der Waals surface area contributed by atoms with Crippen LogP contribution in [0.2, 0.25) is 0 Å². The highest BCUT2D eigenvalue weighted by Crippen LogP contribution is 2.22. The number of anilines is 1. The largest absolute Gasteiger partial charge is 0.495 e. The Balaban J connectivity index is 1.44. The molecule has 1 saturated heterocycles. The van der Waals surface area contributed by atoms with Crippen LogP contribution in [0.25, 0.3) is 0 Å². The molecule has 0 unspecified atom stereocenters. The van der Waals surface area contributed by atoms with Crippen molar-refractivity contribution in [1.82, 2.24) is 5.32 Å². The Hall–Kier alpha value is -2.86. The fourth-order valence-corrected chi connectivity index (χ4v) is 3.37. The molecular weight excluding hydrogens is 342 g/mol. The summed E-state index contributed by atoms with van der Waals surface area (Å²) < 4.78 is 5.26. The van der Waals surface area contributed by atoms with E-state index in [1.54, 1.807) is 7.11 Å². The summed E-state index contributed by atoms with van der Waals surface area (Å²) in [5.41, 5.74) is 1.37. The lowest BCUT2D eigenvalue weighted by molar-refractivity contribution is -0.897. The lowest BCUT2D eigenvalue weighted by Gasteiger charge is -2.29. The standard InChI is InChI=1S/C21H25N3O3/c1-27-19-10-6-5-9-18(19)23-20(25)15-24-13-11-17(12-14-24)22-21(26)16-7-3-2-4-8-16/h2-10,17H,11-15H2,1H3,(H,22,26)(H,23,25)/p+1. The Bertz CT molecular complexity index is 771. The Labute approximate surface area is 159 Å². The van der Waals surface area contributed by atoms with E-state index < -0.39 is 0 Å². The quantitative estimate of drug-likeness (QED) is 0.715. The number of benzene rings is 2. The molecule has 0 spiro atoms. The van der Waals surface area contributed by atoms with E-state index in [0.29, 0.717) is 23.5 Å². The van der Waals surface area contributed by atoms with Gasteiger partial charge >= 0.3 is 0 Å². The third kappa shape index (κ3) is 5.31. The van der Waals surface area contributed by atoms with Crippen LogP contribution < -0.4 is 20.3 Å². The monoisotopic (exact) mass is 368 g/mol. The van der Waals surface area contributed by atoms with Crippen LogP contribution in [0.1, 0.15) is 23.2 Å². The minimum Gasteiger partial charge on any atom is -0.495 e. The number of carbonyl (C=O) groups is 2. The molecule has 0 saturated carbocycles. The summed E-state index contributed by atoms with van der Waals surface area (Å²) in [5, 5.41) is 6.01. The van der Waals surface area contributed by atoms with Crippen LogP contribution in [0.15, 0.2) is 54.6 Å². The highest BCUT2D eigenvalue weighted by atomic mass is 16.5. The van der Waals surface area contributed by atoms with E-state index in [1.165, 1.54) is 4.90 Å². The zero-order chi connectivity index (χ0) is 19.1. The number of methoxy groups -OCH3 is 1. The number of nitrogens with one attached hydrogen (secondary N) is 3. The van der Waals surface area contributed by atoms with Crippen LogP contribution >= 0.6 is 0 Å². The molecule has 27 heavy (non-hydrogen) atoms. The van der Waals surface area contributed by atoms with Gasteiger partial charge in [-0.15, -0.1) is 0 Å². The second kappa shape index (κ2) is 9.19. The van der Waals surface area contributed by atoms with E-state index in [1.807, 2.05) is 54.6 Å². The van der Waals surface area contributed by atoms with Crippen molar-refractivity contribution >= 4 is 17.5 Å². The van der Waals surface area contributed by atoms with Crippen molar-refractivity contribution in [3.63, 3.8) is 0 Å². The van der Waals surface area contributed by atoms with Crippen LogP contribution in [0.3, 0.4) is 0 Å². The first-order valence-corrected chi connectivity index (χ1v) is 9.28. The predicted molar refractivity (Wildman–Crippen MR) is 104 cm³/mol. The van der Waals surface area contributed by atoms with E-state index in [-0.39, 0.29) is 17.9 Å². The number of hydrogen-bond acceptors (Lipinski definition) is 3. The highest BCUT2D eigenvalue weighted by molar-refractivity contribution is 5.94. The average Bonchev–Trinajstić information content (AvgIpc) is 2.70. The number of likely N-dealkylation sites (tertiary alicyclic amines) is 1. The van der Waals surface area contributed by atoms with E-state index in [0.717, 1.165) is 25.9 Å². The molecule has 3 N–H and O–H groups in total. The van der Waals surface area contributed by atoms with Gasteiger partial charge in [0.1, 0.15) is 5.75 Å². The molecule has 2 aromatic carbocycles. The Morgan fingerprint density at radius 3 is 2.41 bits per heavy atom. The number of amides is 2. The zero-order valence-corrected chi connectivity index (χ0v) is 15.5. The molecule has 6 nitrogen and oxygen atoms in total. The molecule has 0 aromatic heterocycles. The molecule has 1 fully saturated rings. The van der Waals surface area contributed by atoms with Gasteiger partial charge in [-0.1, -0.05) is 30.3 Å². The van der Waals surface area contributed by atoms with Gasteiger partial charge in [-0.2, -0.15) is 0 Å². The Morgan fingerprint density at radius 1 is 1.04 bits per heavy atom. The molecule has 0 aliphatic carbocycles. The van der Waals surface area contributed by atoms with E-state index in [4.69, 9.17) is 4.74 Å². The van der Waals surface area contributed by atoms with Crippen molar-refractivity contribution < 1.29 is 19.2 Å². The number of ether oxygens (including phenoxy) is 1. The fraction of sp³-hybridized carbons (Fsp3) is 0.333. The molecule has 1 aliphatic rings. The number of piperidine rings is 1. The first-order chi connectivity index (χ1) is 13.2. The predicted octanol–water partition coefficient (Wildman–Crippen LogP) is 1.11. The maximum Gasteiger partial charge on any atom is 0.279 e. The highest BCUT2D eigenvalue weighted by Gasteiger charge is 2.25. The van der Waals surface area contributed by atoms with Gasteiger partial charge in [-0.05, 0) is 24.3 Å². The molecule has 2 aromatic rings. The van der Waals surface area contributed by atoms with Gasteiger partial charge in [-0.25, -0.2) is 0 Å². The normalized spacial score (nSPS) is 19.1. The van der Waals surface area contributed by atoms with Gasteiger partial charge in [0.15, 0.2) is 6.54 Å². The molecule has 2 amide bonds. The summed E-state index contributed by atoms with van der Waals surface area (Å²) in [6.45, 7) is 2.13. The van der Waals surface area contributed by atoms with Gasteiger partial charge in [0.25, 0.3) is 11.8 Å². The lowest BCUT2D eigenvalue weighted by Crippen LogP contribution is -3.14. The maximum absolute atomic E-state index is 12.3. The summed E-state index contributed by atoms with van der Waals surface area (Å²) >= 11 is 0. The number of quaternary nitrogens is 1. The van der Waals surface area contributed by atoms with Crippen LogP contribution in [0.5, 0.6) is 5.75 Å². The second-order valence-electron chi connectivity index (χ2n) is 6.79. The summed E-state index contributed by atoms with van der Waals surface area (Å²) in [6.07, 6.45) is 1.74. The van der Waals surface area contributed by atoms with Crippen molar-refractivity contribution in [1.29, 1.82) is 0 Å². The lowest BCUT2D eigenvalue weighted by atomic mass is 10.0. The Kier molecular flexibility index (Phi) is 6.44. The van der Waals surface area contributed by atoms with Crippen LogP contribution in [-0.4, -0.2) is 44.6 Å². The SMILES string of the molecule is COc1ccccc1NC(=O)C[NH+]1CCC(NC(=O)c2ccccc2)CC1. The van der Waals surface area contributed by atoms with Crippen LogP contribution in [-0.2, 0) is 4.79 Å². The number of carbonyl (C=O) groups excluding carboxylic acids is 2. The summed E-state index contributed by atoms with van der Waals surface area (Å²) in [4.78, 5) is 25.8. The third-order valence-electron chi connectivity index (χ3n) is 4.86. The van der Waals surface area contributed by atoms with Gasteiger partial charge in [0.2, 0.25) is 0 Å². The third-order valence-corrected chi connectivity index (χ3v) is 4.86. The van der Waals surface area contributed by atoms with Gasteiger partial charge in [0.05, 0.1) is 25.9 Å². The second-order valence-corrected chi connectivity index (χ2v) is 6.79. The fourth-order valence-electron chi connectivity index (χ4n) is 3.37. The Morgan fingerprint density at radius 2 is 1.70 bits per heavy atom. The van der Waals surface area contributed by atoms with Gasteiger partial charge in [-0.3, -0.25) is 9.59 Å². The molecule has 1 aliphatic heterocycles. The summed E-state index contributed by atoms with van der Waals surface area (Å²) in [7, 11) is 1.59. The molecule has 3 rings (SSSR count). The number of para-hydroxylation sites is 2. The number of hydrogen-bond donors (Lipinski definition) is 3. The van der Waals surface area contributed by atoms with Gasteiger partial charge in [0, 0.05) is 24.4 Å². The van der Waals surface area contributed by atoms with Crippen molar-refractivity contribution in [3.8, 4) is 5.75 Å². The van der Waals surface area contributed by atoms with Crippen LogP contribution in [0, 0.1) is 0 Å². The molecule has 142 valence electrons. The van der Waals surface area contributed by atoms with E-state index >= 15 is 0 Å². The van der Waals surface area contributed by atoms with Crippen molar-refractivity contribution in [3.05, 3.63) is 60.2 Å². The minimum absolute atomic E-state index is 0.0266. The molecular formula is C21H26N3O3+. The average molecular weight is 368 g/mol.